The summed E-state index contributed by atoms with van der Waals surface area (Å²) >= 11 is 0. The van der Waals surface area contributed by atoms with E-state index in [4.69, 9.17) is 9.15 Å². The van der Waals surface area contributed by atoms with Crippen LogP contribution >= 0.6 is 0 Å². The third kappa shape index (κ3) is 3.21. The maximum atomic E-state index is 12.3. The van der Waals surface area contributed by atoms with Gasteiger partial charge in [0.1, 0.15) is 16.9 Å². The molecule has 0 saturated carbocycles. The van der Waals surface area contributed by atoms with Gasteiger partial charge < -0.3 is 14.5 Å². The molecule has 1 aromatic carbocycles. The van der Waals surface area contributed by atoms with Crippen LogP contribution in [0.1, 0.15) is 23.0 Å². The molecule has 1 amide bonds. The molecule has 0 bridgehead atoms. The van der Waals surface area contributed by atoms with Gasteiger partial charge in [-0.25, -0.2) is 0 Å². The van der Waals surface area contributed by atoms with Crippen molar-refractivity contribution in [1.82, 2.24) is 15.1 Å². The number of carbonyl (C=O) groups is 1. The maximum absolute atomic E-state index is 12.3. The molecule has 2 heterocycles. The van der Waals surface area contributed by atoms with Crippen molar-refractivity contribution in [3.63, 3.8) is 0 Å². The highest BCUT2D eigenvalue weighted by Gasteiger charge is 2.19. The first kappa shape index (κ1) is 15.1. The van der Waals surface area contributed by atoms with Crippen LogP contribution in [0.4, 0.5) is 0 Å². The Labute approximate surface area is 134 Å². The summed E-state index contributed by atoms with van der Waals surface area (Å²) in [5, 5.41) is 8.09. The first-order chi connectivity index (χ1) is 11.1. The van der Waals surface area contributed by atoms with E-state index in [1.165, 1.54) is 7.11 Å². The number of benzene rings is 1. The molecule has 120 valence electrons. The second kappa shape index (κ2) is 6.16. The SMILES string of the molecule is COc1nn(C)cc1C(=O)N[C@H](C)Cc1cc2ccccc2o1. The van der Waals surface area contributed by atoms with Crippen molar-refractivity contribution in [2.45, 2.75) is 19.4 Å². The van der Waals surface area contributed by atoms with Crippen LogP contribution in [0.3, 0.4) is 0 Å². The summed E-state index contributed by atoms with van der Waals surface area (Å²) in [5.41, 5.74) is 1.28. The number of nitrogens with zero attached hydrogens (tertiary/aromatic N) is 2. The van der Waals surface area contributed by atoms with Gasteiger partial charge in [-0.3, -0.25) is 9.48 Å². The zero-order valence-corrected chi connectivity index (χ0v) is 13.4. The summed E-state index contributed by atoms with van der Waals surface area (Å²) in [6, 6.07) is 9.78. The van der Waals surface area contributed by atoms with E-state index >= 15 is 0 Å². The second-order valence-electron chi connectivity index (χ2n) is 5.55. The Morgan fingerprint density at radius 2 is 2.22 bits per heavy atom. The molecule has 0 spiro atoms. The number of fused-ring (bicyclic) bond motifs is 1. The molecule has 0 aliphatic rings. The van der Waals surface area contributed by atoms with E-state index in [1.807, 2.05) is 37.3 Å². The van der Waals surface area contributed by atoms with Gasteiger partial charge in [0.05, 0.1) is 7.11 Å². The number of furan rings is 1. The van der Waals surface area contributed by atoms with Crippen LogP contribution in [-0.4, -0.2) is 28.8 Å². The van der Waals surface area contributed by atoms with Crippen molar-refractivity contribution >= 4 is 16.9 Å². The number of hydrogen-bond donors (Lipinski definition) is 1. The molecular weight excluding hydrogens is 294 g/mol. The lowest BCUT2D eigenvalue weighted by atomic mass is 10.1. The van der Waals surface area contributed by atoms with Crippen LogP contribution < -0.4 is 10.1 Å². The van der Waals surface area contributed by atoms with Gasteiger partial charge in [-0.05, 0) is 19.1 Å². The van der Waals surface area contributed by atoms with Gasteiger partial charge in [-0.15, -0.1) is 5.10 Å². The highest BCUT2D eigenvalue weighted by atomic mass is 16.5. The summed E-state index contributed by atoms with van der Waals surface area (Å²) in [4.78, 5) is 12.3. The molecule has 0 radical (unpaired) electrons. The van der Waals surface area contributed by atoms with E-state index in [9.17, 15) is 4.79 Å². The topological polar surface area (TPSA) is 69.3 Å². The lowest BCUT2D eigenvalue weighted by Crippen LogP contribution is -2.34. The molecule has 3 rings (SSSR count). The van der Waals surface area contributed by atoms with Crippen molar-refractivity contribution in [2.75, 3.05) is 7.11 Å². The number of ether oxygens (including phenoxy) is 1. The molecule has 0 fully saturated rings. The van der Waals surface area contributed by atoms with Gasteiger partial charge in [0.25, 0.3) is 5.91 Å². The fourth-order valence-electron chi connectivity index (χ4n) is 2.57. The predicted molar refractivity (Wildman–Crippen MR) is 86.6 cm³/mol. The van der Waals surface area contributed by atoms with E-state index in [0.29, 0.717) is 17.9 Å². The molecule has 1 N–H and O–H groups in total. The lowest BCUT2D eigenvalue weighted by Gasteiger charge is -2.12. The maximum Gasteiger partial charge on any atom is 0.258 e. The fourth-order valence-corrected chi connectivity index (χ4v) is 2.57. The van der Waals surface area contributed by atoms with Gasteiger partial charge in [0.2, 0.25) is 5.88 Å². The summed E-state index contributed by atoms with van der Waals surface area (Å²) in [6.07, 6.45) is 2.26. The summed E-state index contributed by atoms with van der Waals surface area (Å²) < 4.78 is 12.5. The molecule has 0 unspecified atom stereocenters. The number of para-hydroxylation sites is 1. The van der Waals surface area contributed by atoms with E-state index in [1.54, 1.807) is 17.9 Å². The molecule has 0 saturated heterocycles. The van der Waals surface area contributed by atoms with Crippen molar-refractivity contribution in [3.8, 4) is 5.88 Å². The third-order valence-electron chi connectivity index (χ3n) is 3.59. The van der Waals surface area contributed by atoms with Crippen molar-refractivity contribution in [1.29, 1.82) is 0 Å². The fraction of sp³-hybridized carbons (Fsp3) is 0.294. The number of hydrogen-bond acceptors (Lipinski definition) is 4. The average molecular weight is 313 g/mol. The van der Waals surface area contributed by atoms with E-state index in [2.05, 4.69) is 10.4 Å². The minimum atomic E-state index is -0.210. The van der Waals surface area contributed by atoms with Gasteiger partial charge >= 0.3 is 0 Å². The Morgan fingerprint density at radius 1 is 1.43 bits per heavy atom. The van der Waals surface area contributed by atoms with Crippen LogP contribution in [0, 0.1) is 0 Å². The zero-order chi connectivity index (χ0) is 16.4. The number of amides is 1. The Morgan fingerprint density at radius 3 is 2.96 bits per heavy atom. The summed E-state index contributed by atoms with van der Waals surface area (Å²) in [6.45, 7) is 1.94. The Kier molecular flexibility index (Phi) is 4.06. The molecule has 0 aliphatic carbocycles. The van der Waals surface area contributed by atoms with E-state index in [-0.39, 0.29) is 11.9 Å². The van der Waals surface area contributed by atoms with Gasteiger partial charge in [-0.2, -0.15) is 0 Å². The molecule has 3 aromatic rings. The first-order valence-electron chi connectivity index (χ1n) is 7.42. The van der Waals surface area contributed by atoms with E-state index < -0.39 is 0 Å². The number of aryl methyl sites for hydroxylation is 1. The standard InChI is InChI=1S/C17H19N3O3/c1-11(8-13-9-12-6-4-5-7-15(12)23-13)18-16(21)14-10-20(2)19-17(14)22-3/h4-7,9-11H,8H2,1-3H3,(H,18,21)/t11-/m1/s1. The largest absolute Gasteiger partial charge is 0.479 e. The molecule has 6 nitrogen and oxygen atoms in total. The first-order valence-corrected chi connectivity index (χ1v) is 7.42. The van der Waals surface area contributed by atoms with Crippen molar-refractivity contribution in [3.05, 3.63) is 47.9 Å². The zero-order valence-electron chi connectivity index (χ0n) is 13.4. The Hall–Kier alpha value is -2.76. The average Bonchev–Trinajstić information content (AvgIpc) is 3.09. The predicted octanol–water partition coefficient (Wildman–Crippen LogP) is 2.54. The van der Waals surface area contributed by atoms with Gasteiger partial charge in [0, 0.05) is 31.1 Å². The van der Waals surface area contributed by atoms with Crippen LogP contribution in [0.25, 0.3) is 11.0 Å². The highest BCUT2D eigenvalue weighted by Crippen LogP contribution is 2.20. The Balaban J connectivity index is 1.68. The molecular formula is C17H19N3O3. The van der Waals surface area contributed by atoms with Gasteiger partial charge in [-0.1, -0.05) is 18.2 Å². The van der Waals surface area contributed by atoms with Crippen LogP contribution in [0.2, 0.25) is 0 Å². The number of rotatable bonds is 5. The van der Waals surface area contributed by atoms with Crippen LogP contribution in [0.15, 0.2) is 40.9 Å². The second-order valence-corrected chi connectivity index (χ2v) is 5.55. The summed E-state index contributed by atoms with van der Waals surface area (Å²) in [5.74, 6) is 0.955. The summed E-state index contributed by atoms with van der Waals surface area (Å²) in [7, 11) is 3.24. The molecule has 6 heteroatoms. The normalized spacial score (nSPS) is 12.3. The third-order valence-corrected chi connectivity index (χ3v) is 3.59. The molecule has 23 heavy (non-hydrogen) atoms. The van der Waals surface area contributed by atoms with Crippen molar-refractivity contribution < 1.29 is 13.9 Å². The number of aromatic nitrogens is 2. The number of methoxy groups -OCH3 is 1. The minimum absolute atomic E-state index is 0.0759. The Bertz CT molecular complexity index is 802. The minimum Gasteiger partial charge on any atom is -0.479 e. The highest BCUT2D eigenvalue weighted by molar-refractivity contribution is 5.96. The quantitative estimate of drug-likeness (QED) is 0.786. The number of carbonyl (C=O) groups excluding carboxylic acids is 1. The van der Waals surface area contributed by atoms with Crippen LogP contribution in [0.5, 0.6) is 5.88 Å². The van der Waals surface area contributed by atoms with Gasteiger partial charge in [0.15, 0.2) is 0 Å². The smallest absolute Gasteiger partial charge is 0.258 e. The van der Waals surface area contributed by atoms with Crippen molar-refractivity contribution in [2.24, 2.45) is 7.05 Å². The number of nitrogens with one attached hydrogen (secondary N) is 1. The lowest BCUT2D eigenvalue weighted by molar-refractivity contribution is 0.0936. The van der Waals surface area contributed by atoms with E-state index in [0.717, 1.165) is 16.7 Å². The molecule has 1 atom stereocenters. The molecule has 0 aliphatic heterocycles. The monoisotopic (exact) mass is 313 g/mol. The molecule has 2 aromatic heterocycles. The van der Waals surface area contributed by atoms with Crippen LogP contribution in [-0.2, 0) is 13.5 Å².